The van der Waals surface area contributed by atoms with Crippen molar-refractivity contribution in [1.82, 2.24) is 5.32 Å². The normalized spacial score (nSPS) is 17.3. The molecule has 80 valence electrons. The van der Waals surface area contributed by atoms with Crippen LogP contribution in [0.15, 0.2) is 28.0 Å². The zero-order valence-corrected chi connectivity index (χ0v) is 9.14. The van der Waals surface area contributed by atoms with Gasteiger partial charge in [0, 0.05) is 12.2 Å². The van der Waals surface area contributed by atoms with Gasteiger partial charge in [0.05, 0.1) is 9.80 Å². The van der Waals surface area contributed by atoms with Gasteiger partial charge in [0.25, 0.3) is 0 Å². The van der Waals surface area contributed by atoms with Gasteiger partial charge in [0.2, 0.25) is 9.84 Å². The van der Waals surface area contributed by atoms with Crippen molar-refractivity contribution < 1.29 is 8.42 Å². The van der Waals surface area contributed by atoms with Crippen molar-refractivity contribution in [3.05, 3.63) is 28.7 Å². The molecule has 0 amide bonds. The van der Waals surface area contributed by atoms with Crippen molar-refractivity contribution in [3.63, 3.8) is 0 Å². The Balaban J connectivity index is 2.58. The number of sulfone groups is 1. The minimum absolute atomic E-state index is 0.344. The monoisotopic (exact) mass is 224 g/mol. The number of fused-ring (bicyclic) bond motifs is 1. The number of likely N-dealkylation sites (N-methyl/N-ethyl adjacent to an activating group) is 1. The molecule has 0 saturated carbocycles. The molecule has 1 aliphatic rings. The molecule has 0 aliphatic carbocycles. The molecule has 0 spiro atoms. The smallest absolute Gasteiger partial charge is 0.204 e. The molecule has 1 aromatic carbocycles. The summed E-state index contributed by atoms with van der Waals surface area (Å²) in [6.45, 7) is 0.344. The Hall–Kier alpha value is -1.33. The quantitative estimate of drug-likeness (QED) is 0.722. The third-order valence-electron chi connectivity index (χ3n) is 2.34. The Morgan fingerprint density at radius 1 is 1.40 bits per heavy atom. The molecule has 0 radical (unpaired) electrons. The van der Waals surface area contributed by atoms with Crippen LogP contribution in [0.4, 0.5) is 5.69 Å². The molecule has 0 saturated heterocycles. The fraction of sp³-hybridized carbons (Fsp3) is 0.200. The molecule has 5 heteroatoms. The molecule has 1 aliphatic heterocycles. The van der Waals surface area contributed by atoms with Crippen LogP contribution in [-0.2, 0) is 9.84 Å². The topological polar surface area (TPSA) is 72.2 Å². The van der Waals surface area contributed by atoms with Gasteiger partial charge in [0.15, 0.2) is 0 Å². The van der Waals surface area contributed by atoms with Crippen LogP contribution in [0.5, 0.6) is 0 Å². The molecule has 15 heavy (non-hydrogen) atoms. The predicted octanol–water partition coefficient (Wildman–Crippen LogP) is 0.616. The van der Waals surface area contributed by atoms with E-state index in [1.54, 1.807) is 31.3 Å². The van der Waals surface area contributed by atoms with Crippen molar-refractivity contribution in [1.29, 1.82) is 0 Å². The predicted molar refractivity (Wildman–Crippen MR) is 59.9 cm³/mol. The summed E-state index contributed by atoms with van der Waals surface area (Å²) in [5, 5.41) is 2.84. The highest BCUT2D eigenvalue weighted by Crippen LogP contribution is 2.33. The van der Waals surface area contributed by atoms with E-state index in [-0.39, 0.29) is 0 Å². The van der Waals surface area contributed by atoms with Gasteiger partial charge < -0.3 is 11.1 Å². The number of nitrogen functional groups attached to an aromatic ring is 1. The third kappa shape index (κ3) is 1.53. The Labute approximate surface area is 88.7 Å². The maximum absolute atomic E-state index is 11.9. The second-order valence-electron chi connectivity index (χ2n) is 3.44. The highest BCUT2D eigenvalue weighted by molar-refractivity contribution is 7.95. The molecule has 0 atom stereocenters. The molecular formula is C10H12N2O2S. The number of anilines is 1. The van der Waals surface area contributed by atoms with Crippen molar-refractivity contribution in [2.75, 3.05) is 19.3 Å². The highest BCUT2D eigenvalue weighted by atomic mass is 32.2. The lowest BCUT2D eigenvalue weighted by atomic mass is 10.2. The Morgan fingerprint density at radius 3 is 2.80 bits per heavy atom. The van der Waals surface area contributed by atoms with Gasteiger partial charge in [-0.05, 0) is 36.9 Å². The van der Waals surface area contributed by atoms with E-state index in [0.717, 1.165) is 0 Å². The second kappa shape index (κ2) is 3.36. The molecular weight excluding hydrogens is 212 g/mol. The van der Waals surface area contributed by atoms with Crippen LogP contribution >= 0.6 is 0 Å². The summed E-state index contributed by atoms with van der Waals surface area (Å²) in [7, 11) is -1.57. The maximum Gasteiger partial charge on any atom is 0.204 e. The summed E-state index contributed by atoms with van der Waals surface area (Å²) in [4.78, 5) is 0.743. The molecule has 1 heterocycles. The van der Waals surface area contributed by atoms with E-state index in [9.17, 15) is 8.42 Å². The van der Waals surface area contributed by atoms with Crippen LogP contribution in [0.3, 0.4) is 0 Å². The first kappa shape index (κ1) is 10.2. The lowest BCUT2D eigenvalue weighted by Crippen LogP contribution is -2.14. The van der Waals surface area contributed by atoms with Gasteiger partial charge >= 0.3 is 0 Å². The number of nitrogens with two attached hydrogens (primary N) is 1. The molecule has 2 rings (SSSR count). The van der Waals surface area contributed by atoms with Gasteiger partial charge in [-0.1, -0.05) is 0 Å². The average Bonchev–Trinajstić information content (AvgIpc) is 2.39. The van der Waals surface area contributed by atoms with Crippen LogP contribution in [-0.4, -0.2) is 22.0 Å². The first-order valence-electron chi connectivity index (χ1n) is 4.55. The molecule has 1 aromatic rings. The van der Waals surface area contributed by atoms with E-state index in [0.29, 0.717) is 27.6 Å². The number of hydrogen-bond donors (Lipinski definition) is 2. The zero-order valence-electron chi connectivity index (χ0n) is 8.32. The van der Waals surface area contributed by atoms with Crippen molar-refractivity contribution in [2.24, 2.45) is 0 Å². The number of rotatable bonds is 2. The van der Waals surface area contributed by atoms with Crippen LogP contribution in [0.25, 0.3) is 6.08 Å². The fourth-order valence-electron chi connectivity index (χ4n) is 1.64. The lowest BCUT2D eigenvalue weighted by Gasteiger charge is -2.02. The van der Waals surface area contributed by atoms with E-state index < -0.39 is 9.84 Å². The Kier molecular flexibility index (Phi) is 2.28. The molecule has 3 N–H and O–H groups in total. The van der Waals surface area contributed by atoms with Crippen LogP contribution < -0.4 is 11.1 Å². The minimum Gasteiger partial charge on any atom is -0.399 e. The van der Waals surface area contributed by atoms with E-state index in [4.69, 9.17) is 5.73 Å². The summed E-state index contributed by atoms with van der Waals surface area (Å²) in [6, 6.07) is 4.83. The summed E-state index contributed by atoms with van der Waals surface area (Å²) < 4.78 is 23.9. The number of nitrogens with one attached hydrogen (secondary N) is 1. The van der Waals surface area contributed by atoms with Gasteiger partial charge in [-0.2, -0.15) is 0 Å². The minimum atomic E-state index is -3.28. The summed E-state index contributed by atoms with van der Waals surface area (Å²) in [5.41, 5.74) is 6.85. The number of hydrogen-bond acceptors (Lipinski definition) is 4. The first-order chi connectivity index (χ1) is 7.05. The van der Waals surface area contributed by atoms with Crippen LogP contribution in [0.2, 0.25) is 0 Å². The number of benzene rings is 1. The van der Waals surface area contributed by atoms with Crippen LogP contribution in [0, 0.1) is 0 Å². The van der Waals surface area contributed by atoms with Crippen LogP contribution in [0.1, 0.15) is 5.56 Å². The maximum atomic E-state index is 11.9. The first-order valence-corrected chi connectivity index (χ1v) is 6.04. The molecule has 0 aromatic heterocycles. The largest absolute Gasteiger partial charge is 0.399 e. The van der Waals surface area contributed by atoms with Gasteiger partial charge in [0.1, 0.15) is 0 Å². The standard InChI is InChI=1S/C10H12N2O2S/c1-12-6-9-5-7-4-8(11)2-3-10(7)15(9,13)14/h2-5,12H,6,11H2,1H3. The van der Waals surface area contributed by atoms with E-state index in [1.807, 2.05) is 0 Å². The summed E-state index contributed by atoms with van der Waals surface area (Å²) in [6.07, 6.45) is 1.66. The molecule has 4 nitrogen and oxygen atoms in total. The van der Waals surface area contributed by atoms with Gasteiger partial charge in [-0.3, -0.25) is 0 Å². The van der Waals surface area contributed by atoms with Crippen molar-refractivity contribution >= 4 is 21.6 Å². The summed E-state index contributed by atoms with van der Waals surface area (Å²) in [5.74, 6) is 0. The third-order valence-corrected chi connectivity index (χ3v) is 4.24. The lowest BCUT2D eigenvalue weighted by molar-refractivity contribution is 0.601. The molecule has 0 unspecified atom stereocenters. The van der Waals surface area contributed by atoms with Crippen molar-refractivity contribution in [2.45, 2.75) is 4.90 Å². The molecule has 0 bridgehead atoms. The SMILES string of the molecule is CNCC1=Cc2cc(N)ccc2S1(=O)=O. The van der Waals surface area contributed by atoms with Gasteiger partial charge in [-0.15, -0.1) is 0 Å². The zero-order chi connectivity index (χ0) is 11.1. The fourth-order valence-corrected chi connectivity index (χ4v) is 3.21. The van der Waals surface area contributed by atoms with E-state index >= 15 is 0 Å². The second-order valence-corrected chi connectivity index (χ2v) is 5.41. The van der Waals surface area contributed by atoms with Gasteiger partial charge in [-0.25, -0.2) is 8.42 Å². The van der Waals surface area contributed by atoms with Crippen molar-refractivity contribution in [3.8, 4) is 0 Å². The Bertz CT molecular complexity index is 532. The van der Waals surface area contributed by atoms with E-state index in [1.165, 1.54) is 0 Å². The Morgan fingerprint density at radius 2 is 2.13 bits per heavy atom. The highest BCUT2D eigenvalue weighted by Gasteiger charge is 2.28. The van der Waals surface area contributed by atoms with E-state index in [2.05, 4.69) is 5.32 Å². The summed E-state index contributed by atoms with van der Waals surface area (Å²) >= 11 is 0. The molecule has 0 fully saturated rings. The average molecular weight is 224 g/mol.